The average Bonchev–Trinajstić information content (AvgIpc) is 2.81. The Bertz CT molecular complexity index is 511. The smallest absolute Gasteiger partial charge is 0.413 e. The van der Waals surface area contributed by atoms with Crippen LogP contribution in [-0.4, -0.2) is 47.2 Å². The molecule has 20 heavy (non-hydrogen) atoms. The lowest BCUT2D eigenvalue weighted by molar-refractivity contribution is -0.121. The van der Waals surface area contributed by atoms with Crippen molar-refractivity contribution in [3.05, 3.63) is 11.4 Å². The van der Waals surface area contributed by atoms with E-state index in [0.29, 0.717) is 12.1 Å². The molecule has 0 aliphatic carbocycles. The first-order valence-corrected chi connectivity index (χ1v) is 5.91. The summed E-state index contributed by atoms with van der Waals surface area (Å²) in [5.41, 5.74) is 0.555. The molecule has 0 saturated carbocycles. The topological polar surface area (TPSA) is 112 Å². The molecule has 0 fully saturated rings. The van der Waals surface area contributed by atoms with Crippen molar-refractivity contribution in [2.24, 2.45) is 0 Å². The molecule has 9 nitrogen and oxygen atoms in total. The van der Waals surface area contributed by atoms with Crippen LogP contribution in [0.5, 0.6) is 0 Å². The van der Waals surface area contributed by atoms with Gasteiger partial charge in [-0.2, -0.15) is 0 Å². The van der Waals surface area contributed by atoms with Gasteiger partial charge in [0.15, 0.2) is 5.69 Å². The Morgan fingerprint density at radius 2 is 1.95 bits per heavy atom. The fourth-order valence-electron chi connectivity index (χ4n) is 1.54. The van der Waals surface area contributed by atoms with Crippen molar-refractivity contribution in [2.75, 3.05) is 14.2 Å². The quantitative estimate of drug-likeness (QED) is 0.751. The summed E-state index contributed by atoms with van der Waals surface area (Å²) in [6.45, 7) is 1.67. The van der Waals surface area contributed by atoms with Crippen LogP contribution in [0.3, 0.4) is 0 Å². The number of amides is 2. The molecule has 0 bridgehead atoms. The number of hydrogen-bond donors (Lipinski definition) is 1. The number of esters is 1. The van der Waals surface area contributed by atoms with Crippen LogP contribution in [-0.2, 0) is 27.2 Å². The number of carbonyl (C=O) groups excluding carboxylic acids is 3. The van der Waals surface area contributed by atoms with Crippen molar-refractivity contribution in [1.82, 2.24) is 20.3 Å². The second kappa shape index (κ2) is 7.22. The summed E-state index contributed by atoms with van der Waals surface area (Å²) in [5, 5.41) is 9.42. The van der Waals surface area contributed by atoms with Gasteiger partial charge in [0.1, 0.15) is 6.54 Å². The van der Waals surface area contributed by atoms with Crippen molar-refractivity contribution in [2.45, 2.75) is 26.3 Å². The van der Waals surface area contributed by atoms with Crippen molar-refractivity contribution in [1.29, 1.82) is 0 Å². The Kier molecular flexibility index (Phi) is 5.63. The average molecular weight is 284 g/mol. The van der Waals surface area contributed by atoms with E-state index in [1.54, 1.807) is 0 Å². The van der Waals surface area contributed by atoms with Crippen LogP contribution in [0.2, 0.25) is 0 Å². The Balaban J connectivity index is 2.89. The van der Waals surface area contributed by atoms with E-state index < -0.39 is 18.0 Å². The lowest BCUT2D eigenvalue weighted by Gasteiger charge is -2.06. The predicted molar refractivity (Wildman–Crippen MR) is 65.9 cm³/mol. The molecule has 0 spiro atoms. The first kappa shape index (κ1) is 15.6. The second-order valence-electron chi connectivity index (χ2n) is 3.82. The van der Waals surface area contributed by atoms with Crippen LogP contribution in [0.15, 0.2) is 0 Å². The monoisotopic (exact) mass is 284 g/mol. The summed E-state index contributed by atoms with van der Waals surface area (Å²) in [4.78, 5) is 34.0. The zero-order chi connectivity index (χ0) is 15.1. The van der Waals surface area contributed by atoms with Gasteiger partial charge in [-0.3, -0.25) is 10.1 Å². The molecule has 1 rings (SSSR count). The highest BCUT2D eigenvalue weighted by Gasteiger charge is 2.21. The first-order chi connectivity index (χ1) is 9.53. The molecule has 2 amide bonds. The summed E-state index contributed by atoms with van der Waals surface area (Å²) in [6, 6.07) is 0. The molecule has 0 aromatic carbocycles. The third-order valence-electron chi connectivity index (χ3n) is 2.42. The van der Waals surface area contributed by atoms with E-state index >= 15 is 0 Å². The summed E-state index contributed by atoms with van der Waals surface area (Å²) in [7, 11) is 2.39. The second-order valence-corrected chi connectivity index (χ2v) is 3.82. The SMILES string of the molecule is CCCc1c(C(=O)OC)nnn1CC(=O)NC(=O)OC. The number of rotatable bonds is 5. The maximum atomic E-state index is 11.6. The van der Waals surface area contributed by atoms with Gasteiger partial charge in [-0.25, -0.2) is 14.3 Å². The van der Waals surface area contributed by atoms with E-state index in [2.05, 4.69) is 19.8 Å². The molecule has 1 aromatic heterocycles. The lowest BCUT2D eigenvalue weighted by atomic mass is 10.2. The normalized spacial score (nSPS) is 9.95. The van der Waals surface area contributed by atoms with Gasteiger partial charge in [0.05, 0.1) is 19.9 Å². The van der Waals surface area contributed by atoms with Crippen LogP contribution in [0, 0.1) is 0 Å². The van der Waals surface area contributed by atoms with E-state index in [4.69, 9.17) is 0 Å². The molecular weight excluding hydrogens is 268 g/mol. The van der Waals surface area contributed by atoms with Crippen LogP contribution >= 0.6 is 0 Å². The molecule has 0 aliphatic rings. The van der Waals surface area contributed by atoms with E-state index in [-0.39, 0.29) is 12.2 Å². The number of nitrogens with one attached hydrogen (secondary N) is 1. The standard InChI is InChI=1S/C11H16N4O5/c1-4-5-7-9(10(17)19-2)13-14-15(7)6-8(16)12-11(18)20-3/h4-6H2,1-3H3,(H,12,16,18). The molecule has 110 valence electrons. The van der Waals surface area contributed by atoms with Crippen LogP contribution in [0.1, 0.15) is 29.5 Å². The summed E-state index contributed by atoms with van der Waals surface area (Å²) < 4.78 is 10.2. The molecule has 9 heteroatoms. The zero-order valence-electron chi connectivity index (χ0n) is 11.5. The highest BCUT2D eigenvalue weighted by Crippen LogP contribution is 2.09. The van der Waals surface area contributed by atoms with Gasteiger partial charge in [0.25, 0.3) is 5.91 Å². The fourth-order valence-corrected chi connectivity index (χ4v) is 1.54. The number of aromatic nitrogens is 3. The highest BCUT2D eigenvalue weighted by molar-refractivity contribution is 5.92. The molecule has 0 radical (unpaired) electrons. The molecule has 1 N–H and O–H groups in total. The van der Waals surface area contributed by atoms with E-state index in [1.165, 1.54) is 11.8 Å². The summed E-state index contributed by atoms with van der Waals surface area (Å²) in [5.74, 6) is -1.23. The van der Waals surface area contributed by atoms with Crippen molar-refractivity contribution in [3.8, 4) is 0 Å². The maximum absolute atomic E-state index is 11.6. The van der Waals surface area contributed by atoms with Gasteiger partial charge in [-0.15, -0.1) is 5.10 Å². The van der Waals surface area contributed by atoms with Gasteiger partial charge in [0.2, 0.25) is 0 Å². The number of hydrogen-bond acceptors (Lipinski definition) is 7. The van der Waals surface area contributed by atoms with Crippen LogP contribution in [0.4, 0.5) is 4.79 Å². The Hall–Kier alpha value is -2.45. The minimum Gasteiger partial charge on any atom is -0.464 e. The number of carbonyl (C=O) groups is 3. The van der Waals surface area contributed by atoms with Gasteiger partial charge in [-0.1, -0.05) is 18.6 Å². The third-order valence-corrected chi connectivity index (χ3v) is 2.42. The number of methoxy groups -OCH3 is 2. The molecule has 1 aromatic rings. The van der Waals surface area contributed by atoms with Gasteiger partial charge in [-0.05, 0) is 6.42 Å². The van der Waals surface area contributed by atoms with Gasteiger partial charge in [0, 0.05) is 0 Å². The Morgan fingerprint density at radius 3 is 2.50 bits per heavy atom. The van der Waals surface area contributed by atoms with Crippen LogP contribution < -0.4 is 5.32 Å². The molecule has 0 unspecified atom stereocenters. The van der Waals surface area contributed by atoms with E-state index in [0.717, 1.165) is 13.5 Å². The van der Waals surface area contributed by atoms with Crippen molar-refractivity contribution < 1.29 is 23.9 Å². The minimum atomic E-state index is -0.861. The van der Waals surface area contributed by atoms with Crippen molar-refractivity contribution in [3.63, 3.8) is 0 Å². The zero-order valence-corrected chi connectivity index (χ0v) is 11.5. The number of ether oxygens (including phenoxy) is 2. The molecule has 1 heterocycles. The van der Waals surface area contributed by atoms with E-state index in [9.17, 15) is 14.4 Å². The number of imide groups is 1. The molecule has 0 saturated heterocycles. The Morgan fingerprint density at radius 1 is 1.25 bits per heavy atom. The van der Waals surface area contributed by atoms with Crippen LogP contribution in [0.25, 0.3) is 0 Å². The van der Waals surface area contributed by atoms with Gasteiger partial charge < -0.3 is 9.47 Å². The number of nitrogens with zero attached hydrogens (tertiary/aromatic N) is 3. The number of alkyl carbamates (subject to hydrolysis) is 1. The lowest BCUT2D eigenvalue weighted by Crippen LogP contribution is -2.33. The first-order valence-electron chi connectivity index (χ1n) is 5.91. The summed E-state index contributed by atoms with van der Waals surface area (Å²) in [6.07, 6.45) is 0.374. The largest absolute Gasteiger partial charge is 0.464 e. The maximum Gasteiger partial charge on any atom is 0.413 e. The predicted octanol–water partition coefficient (Wildman–Crippen LogP) is -0.100. The fraction of sp³-hybridized carbons (Fsp3) is 0.545. The third kappa shape index (κ3) is 3.77. The Labute approximate surface area is 115 Å². The van der Waals surface area contributed by atoms with Gasteiger partial charge >= 0.3 is 12.1 Å². The van der Waals surface area contributed by atoms with E-state index in [1.807, 2.05) is 12.2 Å². The van der Waals surface area contributed by atoms with Crippen molar-refractivity contribution >= 4 is 18.0 Å². The highest BCUT2D eigenvalue weighted by atomic mass is 16.5. The summed E-state index contributed by atoms with van der Waals surface area (Å²) >= 11 is 0. The molecule has 0 aliphatic heterocycles. The molecule has 0 atom stereocenters. The minimum absolute atomic E-state index is 0.0696. The molecular formula is C11H16N4O5.